The zero-order valence-electron chi connectivity index (χ0n) is 9.69. The standard InChI is InChI=1S/C12H16ClNO3/c1-2-16-12(15)8-17-11(7-14)9-5-3-4-6-10(9)13/h3-6,11H,2,7-8,14H2,1H3. The number of nitrogens with two attached hydrogens (primary N) is 1. The van der Waals surface area contributed by atoms with Gasteiger partial charge in [-0.2, -0.15) is 0 Å². The molecule has 0 saturated heterocycles. The Morgan fingerprint density at radius 3 is 2.76 bits per heavy atom. The highest BCUT2D eigenvalue weighted by Crippen LogP contribution is 2.24. The van der Waals surface area contributed by atoms with Crippen molar-refractivity contribution >= 4 is 17.6 Å². The molecule has 0 aliphatic carbocycles. The summed E-state index contributed by atoms with van der Waals surface area (Å²) < 4.78 is 10.2. The van der Waals surface area contributed by atoms with Gasteiger partial charge in [0.2, 0.25) is 0 Å². The second-order valence-electron chi connectivity index (χ2n) is 3.36. The van der Waals surface area contributed by atoms with Crippen LogP contribution in [-0.2, 0) is 14.3 Å². The number of esters is 1. The highest BCUT2D eigenvalue weighted by Gasteiger charge is 2.15. The normalized spacial score (nSPS) is 12.2. The summed E-state index contributed by atoms with van der Waals surface area (Å²) >= 11 is 6.02. The molecule has 17 heavy (non-hydrogen) atoms. The van der Waals surface area contributed by atoms with E-state index in [1.165, 1.54) is 0 Å². The number of hydrogen-bond acceptors (Lipinski definition) is 4. The van der Waals surface area contributed by atoms with Crippen molar-refractivity contribution in [1.29, 1.82) is 0 Å². The molecule has 0 amide bonds. The van der Waals surface area contributed by atoms with Gasteiger partial charge in [-0.3, -0.25) is 0 Å². The average Bonchev–Trinajstić information content (AvgIpc) is 2.32. The Bertz CT molecular complexity index is 371. The molecule has 1 unspecified atom stereocenters. The van der Waals surface area contributed by atoms with Crippen molar-refractivity contribution in [3.63, 3.8) is 0 Å². The summed E-state index contributed by atoms with van der Waals surface area (Å²) in [5.41, 5.74) is 6.38. The van der Waals surface area contributed by atoms with Gasteiger partial charge in [0.25, 0.3) is 0 Å². The highest BCUT2D eigenvalue weighted by atomic mass is 35.5. The number of rotatable bonds is 6. The maximum atomic E-state index is 11.2. The molecule has 0 aliphatic heterocycles. The summed E-state index contributed by atoms with van der Waals surface area (Å²) in [5, 5.41) is 0.576. The first-order chi connectivity index (χ1) is 8.19. The van der Waals surface area contributed by atoms with Crippen molar-refractivity contribution < 1.29 is 14.3 Å². The number of hydrogen-bond donors (Lipinski definition) is 1. The van der Waals surface area contributed by atoms with Gasteiger partial charge >= 0.3 is 5.97 Å². The number of carbonyl (C=O) groups excluding carboxylic acids is 1. The third-order valence-electron chi connectivity index (χ3n) is 2.17. The Morgan fingerprint density at radius 1 is 1.47 bits per heavy atom. The minimum absolute atomic E-state index is 0.124. The van der Waals surface area contributed by atoms with E-state index in [1.54, 1.807) is 13.0 Å². The summed E-state index contributed by atoms with van der Waals surface area (Å²) in [6, 6.07) is 7.25. The second kappa shape index (κ2) is 7.27. The van der Waals surface area contributed by atoms with E-state index in [0.717, 1.165) is 5.56 Å². The van der Waals surface area contributed by atoms with Crippen molar-refractivity contribution in [3.05, 3.63) is 34.9 Å². The molecule has 1 atom stereocenters. The van der Waals surface area contributed by atoms with Gasteiger partial charge in [-0.25, -0.2) is 4.79 Å². The largest absolute Gasteiger partial charge is 0.464 e. The van der Waals surface area contributed by atoms with Crippen LogP contribution in [0.2, 0.25) is 5.02 Å². The van der Waals surface area contributed by atoms with Crippen LogP contribution in [0.1, 0.15) is 18.6 Å². The fraction of sp³-hybridized carbons (Fsp3) is 0.417. The molecule has 94 valence electrons. The van der Waals surface area contributed by atoms with Crippen molar-refractivity contribution in [2.75, 3.05) is 19.8 Å². The summed E-state index contributed by atoms with van der Waals surface area (Å²) in [5.74, 6) is -0.405. The van der Waals surface area contributed by atoms with E-state index in [4.69, 9.17) is 26.8 Å². The molecular weight excluding hydrogens is 242 g/mol. The van der Waals surface area contributed by atoms with E-state index in [-0.39, 0.29) is 13.2 Å². The fourth-order valence-corrected chi connectivity index (χ4v) is 1.65. The number of ether oxygens (including phenoxy) is 2. The van der Waals surface area contributed by atoms with E-state index >= 15 is 0 Å². The Kier molecular flexibility index (Phi) is 5.97. The number of carbonyl (C=O) groups is 1. The molecule has 4 nitrogen and oxygen atoms in total. The monoisotopic (exact) mass is 257 g/mol. The lowest BCUT2D eigenvalue weighted by atomic mass is 10.1. The lowest BCUT2D eigenvalue weighted by molar-refractivity contribution is -0.150. The quantitative estimate of drug-likeness (QED) is 0.791. The van der Waals surface area contributed by atoms with Crippen LogP contribution < -0.4 is 5.73 Å². The average molecular weight is 258 g/mol. The zero-order chi connectivity index (χ0) is 12.7. The van der Waals surface area contributed by atoms with Crippen molar-refractivity contribution in [3.8, 4) is 0 Å². The first kappa shape index (κ1) is 14.0. The smallest absolute Gasteiger partial charge is 0.332 e. The first-order valence-corrected chi connectivity index (χ1v) is 5.78. The van der Waals surface area contributed by atoms with E-state index < -0.39 is 12.1 Å². The van der Waals surface area contributed by atoms with E-state index in [2.05, 4.69) is 0 Å². The lowest BCUT2D eigenvalue weighted by Crippen LogP contribution is -2.21. The molecular formula is C12H16ClNO3. The van der Waals surface area contributed by atoms with E-state index in [1.807, 2.05) is 18.2 Å². The minimum Gasteiger partial charge on any atom is -0.464 e. The van der Waals surface area contributed by atoms with Crippen molar-refractivity contribution in [2.24, 2.45) is 5.73 Å². The summed E-state index contributed by atoms with van der Waals surface area (Å²) in [4.78, 5) is 11.2. The van der Waals surface area contributed by atoms with Crippen LogP contribution in [0.4, 0.5) is 0 Å². The zero-order valence-corrected chi connectivity index (χ0v) is 10.4. The van der Waals surface area contributed by atoms with Crippen LogP contribution in [0.15, 0.2) is 24.3 Å². The predicted octanol–water partition coefficient (Wildman–Crippen LogP) is 1.92. The van der Waals surface area contributed by atoms with E-state index in [0.29, 0.717) is 11.6 Å². The molecule has 0 aliphatic rings. The fourth-order valence-electron chi connectivity index (χ4n) is 1.39. The van der Waals surface area contributed by atoms with Crippen LogP contribution in [0.3, 0.4) is 0 Å². The highest BCUT2D eigenvalue weighted by molar-refractivity contribution is 6.31. The number of benzene rings is 1. The van der Waals surface area contributed by atoms with Crippen LogP contribution in [0, 0.1) is 0 Å². The van der Waals surface area contributed by atoms with Gasteiger partial charge in [-0.05, 0) is 13.0 Å². The van der Waals surface area contributed by atoms with Crippen LogP contribution in [0.5, 0.6) is 0 Å². The third-order valence-corrected chi connectivity index (χ3v) is 2.52. The van der Waals surface area contributed by atoms with Gasteiger partial charge in [-0.15, -0.1) is 0 Å². The molecule has 1 aromatic carbocycles. The molecule has 0 heterocycles. The Morgan fingerprint density at radius 2 is 2.18 bits per heavy atom. The molecule has 0 spiro atoms. The first-order valence-electron chi connectivity index (χ1n) is 5.40. The summed E-state index contributed by atoms with van der Waals surface area (Å²) in [6.07, 6.45) is -0.395. The molecule has 0 radical (unpaired) electrons. The summed E-state index contributed by atoms with van der Waals surface area (Å²) in [6.45, 7) is 2.21. The lowest BCUT2D eigenvalue weighted by Gasteiger charge is -2.17. The molecule has 0 bridgehead atoms. The Balaban J connectivity index is 2.60. The van der Waals surface area contributed by atoms with Crippen LogP contribution in [-0.4, -0.2) is 25.7 Å². The SMILES string of the molecule is CCOC(=O)COC(CN)c1ccccc1Cl. The van der Waals surface area contributed by atoms with Gasteiger partial charge in [0.05, 0.1) is 12.7 Å². The molecule has 1 aromatic rings. The van der Waals surface area contributed by atoms with Gasteiger partial charge < -0.3 is 15.2 Å². The molecule has 0 aromatic heterocycles. The van der Waals surface area contributed by atoms with Gasteiger partial charge in [0.15, 0.2) is 0 Å². The number of halogens is 1. The van der Waals surface area contributed by atoms with Gasteiger partial charge in [0.1, 0.15) is 6.61 Å². The van der Waals surface area contributed by atoms with Crippen LogP contribution >= 0.6 is 11.6 Å². The predicted molar refractivity (Wildman–Crippen MR) is 65.8 cm³/mol. The maximum absolute atomic E-state index is 11.2. The molecule has 0 saturated carbocycles. The molecule has 5 heteroatoms. The van der Waals surface area contributed by atoms with Crippen LogP contribution in [0.25, 0.3) is 0 Å². The maximum Gasteiger partial charge on any atom is 0.332 e. The van der Waals surface area contributed by atoms with Crippen molar-refractivity contribution in [1.82, 2.24) is 0 Å². The van der Waals surface area contributed by atoms with Crippen molar-refractivity contribution in [2.45, 2.75) is 13.0 Å². The van der Waals surface area contributed by atoms with Gasteiger partial charge in [0, 0.05) is 17.1 Å². The van der Waals surface area contributed by atoms with E-state index in [9.17, 15) is 4.79 Å². The molecule has 1 rings (SSSR count). The summed E-state index contributed by atoms with van der Waals surface area (Å²) in [7, 11) is 0. The Labute approximate surface area is 106 Å². The second-order valence-corrected chi connectivity index (χ2v) is 3.77. The Hall–Kier alpha value is -1.10. The van der Waals surface area contributed by atoms with Gasteiger partial charge in [-0.1, -0.05) is 29.8 Å². The topological polar surface area (TPSA) is 61.5 Å². The minimum atomic E-state index is -0.405. The third kappa shape index (κ3) is 4.34. The molecule has 0 fully saturated rings. The molecule has 2 N–H and O–H groups in total.